The smallest absolute Gasteiger partial charge is 0.267 e. The quantitative estimate of drug-likeness (QED) is 0.740. The van der Waals surface area contributed by atoms with Crippen molar-refractivity contribution in [1.82, 2.24) is 14.9 Å². The van der Waals surface area contributed by atoms with Gasteiger partial charge in [0.15, 0.2) is 0 Å². The minimum atomic E-state index is -0.0317. The van der Waals surface area contributed by atoms with Gasteiger partial charge in [0.25, 0.3) is 5.91 Å². The average molecular weight is 333 g/mol. The number of benzene rings is 1. The van der Waals surface area contributed by atoms with Gasteiger partial charge in [-0.05, 0) is 48.2 Å². The molecule has 0 atom stereocenters. The lowest BCUT2D eigenvalue weighted by molar-refractivity contribution is 0.0945. The fourth-order valence-electron chi connectivity index (χ4n) is 2.83. The van der Waals surface area contributed by atoms with E-state index >= 15 is 0 Å². The zero-order valence-electron chi connectivity index (χ0n) is 14.7. The summed E-state index contributed by atoms with van der Waals surface area (Å²) in [5, 5.41) is 2.98. The highest BCUT2D eigenvalue weighted by Gasteiger charge is 2.15. The molecule has 0 radical (unpaired) electrons. The van der Waals surface area contributed by atoms with Crippen LogP contribution in [0, 0.1) is 6.92 Å². The SMILES string of the molecule is CCCNC(=O)c1cc(-c2ccncc2)cn1Cc1ccccc1C. The van der Waals surface area contributed by atoms with E-state index in [0.29, 0.717) is 18.8 Å². The Bertz CT molecular complexity index is 853. The second kappa shape index (κ2) is 7.79. The number of hydrogen-bond donors (Lipinski definition) is 1. The fraction of sp³-hybridized carbons (Fsp3) is 0.238. The van der Waals surface area contributed by atoms with E-state index in [1.807, 2.05) is 41.1 Å². The third kappa shape index (κ3) is 3.97. The molecule has 4 nitrogen and oxygen atoms in total. The number of aryl methyl sites for hydroxylation is 1. The van der Waals surface area contributed by atoms with Crippen LogP contribution in [-0.4, -0.2) is 22.0 Å². The van der Waals surface area contributed by atoms with Crippen molar-refractivity contribution in [3.63, 3.8) is 0 Å². The molecule has 0 aliphatic heterocycles. The van der Waals surface area contributed by atoms with Crippen LogP contribution < -0.4 is 5.32 Å². The van der Waals surface area contributed by atoms with Crippen LogP contribution >= 0.6 is 0 Å². The number of carbonyl (C=O) groups excluding carboxylic acids is 1. The molecule has 1 amide bonds. The molecule has 3 rings (SSSR count). The van der Waals surface area contributed by atoms with Gasteiger partial charge < -0.3 is 9.88 Å². The summed E-state index contributed by atoms with van der Waals surface area (Å²) in [6, 6.07) is 14.1. The minimum absolute atomic E-state index is 0.0317. The van der Waals surface area contributed by atoms with Gasteiger partial charge >= 0.3 is 0 Å². The van der Waals surface area contributed by atoms with Gasteiger partial charge in [-0.3, -0.25) is 9.78 Å². The maximum atomic E-state index is 12.6. The second-order valence-electron chi connectivity index (χ2n) is 6.16. The van der Waals surface area contributed by atoms with E-state index in [2.05, 4.69) is 36.3 Å². The van der Waals surface area contributed by atoms with Crippen LogP contribution in [0.1, 0.15) is 35.0 Å². The van der Waals surface area contributed by atoms with Crippen molar-refractivity contribution in [2.75, 3.05) is 6.54 Å². The number of hydrogen-bond acceptors (Lipinski definition) is 2. The molecule has 0 bridgehead atoms. The predicted octanol–water partition coefficient (Wildman–Crippen LogP) is 4.05. The molecule has 0 spiro atoms. The standard InChI is InChI=1S/C21H23N3O/c1-3-10-23-21(25)20-13-19(17-8-11-22-12-9-17)15-24(20)14-18-7-5-4-6-16(18)2/h4-9,11-13,15H,3,10,14H2,1-2H3,(H,23,25). The summed E-state index contributed by atoms with van der Waals surface area (Å²) in [6.07, 6.45) is 6.50. The maximum absolute atomic E-state index is 12.6. The van der Waals surface area contributed by atoms with E-state index in [9.17, 15) is 4.79 Å². The second-order valence-corrected chi connectivity index (χ2v) is 6.16. The monoisotopic (exact) mass is 333 g/mol. The molecular formula is C21H23N3O. The van der Waals surface area contributed by atoms with Gasteiger partial charge in [-0.15, -0.1) is 0 Å². The van der Waals surface area contributed by atoms with E-state index in [1.165, 1.54) is 11.1 Å². The third-order valence-electron chi connectivity index (χ3n) is 4.28. The highest BCUT2D eigenvalue weighted by atomic mass is 16.1. The molecule has 2 aromatic heterocycles. The van der Waals surface area contributed by atoms with Crippen LogP contribution in [0.25, 0.3) is 11.1 Å². The number of aromatic nitrogens is 2. The molecule has 0 saturated carbocycles. The number of nitrogens with zero attached hydrogens (tertiary/aromatic N) is 2. The molecule has 2 heterocycles. The molecule has 25 heavy (non-hydrogen) atoms. The third-order valence-corrected chi connectivity index (χ3v) is 4.28. The maximum Gasteiger partial charge on any atom is 0.267 e. The van der Waals surface area contributed by atoms with E-state index in [0.717, 1.165) is 17.5 Å². The number of carbonyl (C=O) groups is 1. The summed E-state index contributed by atoms with van der Waals surface area (Å²) in [5.41, 5.74) is 5.20. The van der Waals surface area contributed by atoms with Crippen molar-refractivity contribution < 1.29 is 4.79 Å². The Morgan fingerprint density at radius 1 is 1.12 bits per heavy atom. The number of pyridine rings is 1. The Morgan fingerprint density at radius 2 is 1.88 bits per heavy atom. The van der Waals surface area contributed by atoms with Crippen molar-refractivity contribution in [3.8, 4) is 11.1 Å². The molecule has 1 aromatic carbocycles. The van der Waals surface area contributed by atoms with Crippen LogP contribution in [0.2, 0.25) is 0 Å². The topological polar surface area (TPSA) is 46.9 Å². The summed E-state index contributed by atoms with van der Waals surface area (Å²) in [5.74, 6) is -0.0317. The molecule has 128 valence electrons. The summed E-state index contributed by atoms with van der Waals surface area (Å²) in [7, 11) is 0. The normalized spacial score (nSPS) is 10.6. The van der Waals surface area contributed by atoms with E-state index in [1.54, 1.807) is 12.4 Å². The lowest BCUT2D eigenvalue weighted by Crippen LogP contribution is -2.26. The molecule has 0 saturated heterocycles. The van der Waals surface area contributed by atoms with Crippen molar-refractivity contribution in [1.29, 1.82) is 0 Å². The highest BCUT2D eigenvalue weighted by Crippen LogP contribution is 2.23. The largest absolute Gasteiger partial charge is 0.351 e. The Labute approximate surface area is 148 Å². The summed E-state index contributed by atoms with van der Waals surface area (Å²) < 4.78 is 2.03. The Kier molecular flexibility index (Phi) is 5.29. The minimum Gasteiger partial charge on any atom is -0.351 e. The Hall–Kier alpha value is -2.88. The zero-order valence-corrected chi connectivity index (χ0v) is 14.7. The highest BCUT2D eigenvalue weighted by molar-refractivity contribution is 5.94. The number of rotatable bonds is 6. The molecule has 3 aromatic rings. The van der Waals surface area contributed by atoms with Crippen LogP contribution in [0.3, 0.4) is 0 Å². The first-order valence-corrected chi connectivity index (χ1v) is 8.62. The number of nitrogens with one attached hydrogen (secondary N) is 1. The van der Waals surface area contributed by atoms with Gasteiger partial charge in [0, 0.05) is 37.2 Å². The van der Waals surface area contributed by atoms with Crippen LogP contribution in [-0.2, 0) is 6.54 Å². The van der Waals surface area contributed by atoms with Crippen molar-refractivity contribution in [3.05, 3.63) is 77.9 Å². The predicted molar refractivity (Wildman–Crippen MR) is 101 cm³/mol. The van der Waals surface area contributed by atoms with Gasteiger partial charge in [-0.2, -0.15) is 0 Å². The molecule has 1 N–H and O–H groups in total. The van der Waals surface area contributed by atoms with Gasteiger partial charge in [0.1, 0.15) is 5.69 Å². The fourth-order valence-corrected chi connectivity index (χ4v) is 2.83. The lowest BCUT2D eigenvalue weighted by Gasteiger charge is -2.11. The lowest BCUT2D eigenvalue weighted by atomic mass is 10.1. The van der Waals surface area contributed by atoms with E-state index < -0.39 is 0 Å². The van der Waals surface area contributed by atoms with Gasteiger partial charge in [-0.1, -0.05) is 31.2 Å². The summed E-state index contributed by atoms with van der Waals surface area (Å²) >= 11 is 0. The van der Waals surface area contributed by atoms with E-state index in [4.69, 9.17) is 0 Å². The van der Waals surface area contributed by atoms with Crippen molar-refractivity contribution in [2.45, 2.75) is 26.8 Å². The molecular weight excluding hydrogens is 310 g/mol. The molecule has 0 unspecified atom stereocenters. The van der Waals surface area contributed by atoms with Gasteiger partial charge in [0.2, 0.25) is 0 Å². The molecule has 0 aliphatic carbocycles. The zero-order chi connectivity index (χ0) is 17.6. The van der Waals surface area contributed by atoms with Gasteiger partial charge in [-0.25, -0.2) is 0 Å². The van der Waals surface area contributed by atoms with Crippen LogP contribution in [0.4, 0.5) is 0 Å². The first-order valence-electron chi connectivity index (χ1n) is 8.62. The number of amides is 1. The first-order chi connectivity index (χ1) is 12.2. The summed E-state index contributed by atoms with van der Waals surface area (Å²) in [4.78, 5) is 16.7. The Balaban J connectivity index is 1.98. The Morgan fingerprint density at radius 3 is 2.60 bits per heavy atom. The van der Waals surface area contributed by atoms with Crippen molar-refractivity contribution >= 4 is 5.91 Å². The van der Waals surface area contributed by atoms with Crippen molar-refractivity contribution in [2.24, 2.45) is 0 Å². The molecule has 0 aliphatic rings. The first kappa shape index (κ1) is 17.0. The van der Waals surface area contributed by atoms with E-state index in [-0.39, 0.29) is 5.91 Å². The van der Waals surface area contributed by atoms with Gasteiger partial charge in [0.05, 0.1) is 0 Å². The molecule has 0 fully saturated rings. The van der Waals surface area contributed by atoms with Crippen LogP contribution in [0.5, 0.6) is 0 Å². The van der Waals surface area contributed by atoms with Crippen LogP contribution in [0.15, 0.2) is 61.1 Å². The summed E-state index contributed by atoms with van der Waals surface area (Å²) in [6.45, 7) is 5.50. The average Bonchev–Trinajstić information content (AvgIpc) is 3.06. The molecule has 4 heteroatoms.